The molecule has 0 spiro atoms. The van der Waals surface area contributed by atoms with Crippen molar-refractivity contribution < 1.29 is 9.59 Å². The second-order valence-electron chi connectivity index (χ2n) is 6.89. The summed E-state index contributed by atoms with van der Waals surface area (Å²) in [5.74, 6) is 1.40. The van der Waals surface area contributed by atoms with Crippen LogP contribution in [0.5, 0.6) is 0 Å². The minimum Gasteiger partial charge on any atom is -0.347 e. The highest BCUT2D eigenvalue weighted by molar-refractivity contribution is 5.99. The van der Waals surface area contributed by atoms with Crippen molar-refractivity contribution in [3.63, 3.8) is 0 Å². The van der Waals surface area contributed by atoms with Crippen molar-refractivity contribution in [3.8, 4) is 0 Å². The zero-order chi connectivity index (χ0) is 20.1. The van der Waals surface area contributed by atoms with E-state index in [2.05, 4.69) is 25.6 Å². The van der Waals surface area contributed by atoms with E-state index in [1.54, 1.807) is 48.9 Å². The molecule has 148 valence electrons. The quantitative estimate of drug-likeness (QED) is 0.621. The number of nitrogens with one attached hydrogen (secondary N) is 3. The number of rotatable bonds is 5. The van der Waals surface area contributed by atoms with Crippen LogP contribution in [0.2, 0.25) is 0 Å². The Morgan fingerprint density at radius 1 is 1.07 bits per heavy atom. The molecule has 1 aliphatic rings. The first kappa shape index (κ1) is 18.7. The number of benzene rings is 1. The van der Waals surface area contributed by atoms with Crippen LogP contribution in [0.1, 0.15) is 30.3 Å². The summed E-state index contributed by atoms with van der Waals surface area (Å²) in [7, 11) is 0. The first-order valence-electron chi connectivity index (χ1n) is 9.56. The Balaban J connectivity index is 1.33. The molecule has 0 aliphatic carbocycles. The maximum atomic E-state index is 12.8. The largest absolute Gasteiger partial charge is 0.347 e. The van der Waals surface area contributed by atoms with Gasteiger partial charge in [-0.3, -0.25) is 10.1 Å². The van der Waals surface area contributed by atoms with Gasteiger partial charge in [0.25, 0.3) is 0 Å². The summed E-state index contributed by atoms with van der Waals surface area (Å²) in [6.45, 7) is 0.748. The Kier molecular flexibility index (Phi) is 5.51. The van der Waals surface area contributed by atoms with E-state index < -0.39 is 0 Å². The van der Waals surface area contributed by atoms with Gasteiger partial charge in [0.05, 0.1) is 12.5 Å². The summed E-state index contributed by atoms with van der Waals surface area (Å²) in [6, 6.07) is 12.2. The summed E-state index contributed by atoms with van der Waals surface area (Å²) >= 11 is 0. The van der Waals surface area contributed by atoms with Gasteiger partial charge in [-0.2, -0.15) is 0 Å². The molecule has 0 bridgehead atoms. The van der Waals surface area contributed by atoms with Crippen LogP contribution in [-0.4, -0.2) is 38.3 Å². The highest BCUT2D eigenvalue weighted by atomic mass is 16.2. The predicted octanol–water partition coefficient (Wildman–Crippen LogP) is 3.35. The van der Waals surface area contributed by atoms with Crippen LogP contribution in [0.15, 0.2) is 61.1 Å². The molecular weight excluding hydrogens is 368 g/mol. The van der Waals surface area contributed by atoms with Gasteiger partial charge in [0.2, 0.25) is 5.91 Å². The number of hydrogen-bond acceptors (Lipinski definition) is 4. The van der Waals surface area contributed by atoms with Crippen molar-refractivity contribution in [3.05, 3.63) is 72.4 Å². The monoisotopic (exact) mass is 390 g/mol. The molecular formula is C21H22N6O2. The lowest BCUT2D eigenvalue weighted by molar-refractivity contribution is -0.131. The lowest BCUT2D eigenvalue weighted by Crippen LogP contribution is -2.32. The van der Waals surface area contributed by atoms with Crippen molar-refractivity contribution in [2.45, 2.75) is 25.3 Å². The topological polar surface area (TPSA) is 103 Å². The Bertz CT molecular complexity index is 957. The summed E-state index contributed by atoms with van der Waals surface area (Å²) < 4.78 is 0. The third kappa shape index (κ3) is 4.60. The number of anilines is 2. The Morgan fingerprint density at radius 2 is 1.93 bits per heavy atom. The molecule has 29 heavy (non-hydrogen) atoms. The standard InChI is InChI=1S/C21H22N6O2/c28-19(27-13-3-4-17(27)20-23-11-12-24-20)14-15-6-8-16(9-7-15)25-21(29)26-18-5-1-2-10-22-18/h1-2,5-12,17H,3-4,13-14H2,(H,23,24)(H2,22,25,26,29). The van der Waals surface area contributed by atoms with Crippen LogP contribution in [0, 0.1) is 0 Å². The fraction of sp³-hybridized carbons (Fsp3) is 0.238. The predicted molar refractivity (Wildman–Crippen MR) is 109 cm³/mol. The van der Waals surface area contributed by atoms with E-state index in [9.17, 15) is 9.59 Å². The SMILES string of the molecule is O=C(Nc1ccc(CC(=O)N2CCCC2c2ncc[nH]2)cc1)Nc1ccccn1. The lowest BCUT2D eigenvalue weighted by Gasteiger charge is -2.23. The van der Waals surface area contributed by atoms with E-state index in [0.29, 0.717) is 17.9 Å². The molecule has 0 radical (unpaired) electrons. The number of aromatic nitrogens is 3. The summed E-state index contributed by atoms with van der Waals surface area (Å²) in [6.07, 6.45) is 7.33. The Labute approximate surface area is 168 Å². The minimum absolute atomic E-state index is 0.0220. The third-order valence-electron chi connectivity index (χ3n) is 4.88. The van der Waals surface area contributed by atoms with Crippen LogP contribution < -0.4 is 10.6 Å². The van der Waals surface area contributed by atoms with Crippen LogP contribution in [0.25, 0.3) is 0 Å². The molecule has 4 rings (SSSR count). The Hall–Kier alpha value is -3.68. The molecule has 1 aliphatic heterocycles. The zero-order valence-corrected chi connectivity index (χ0v) is 15.8. The molecule has 3 amide bonds. The summed E-state index contributed by atoms with van der Waals surface area (Å²) in [4.78, 5) is 38.2. The van der Waals surface area contributed by atoms with Gasteiger partial charge in [-0.1, -0.05) is 18.2 Å². The molecule has 1 saturated heterocycles. The van der Waals surface area contributed by atoms with Crippen molar-refractivity contribution in [1.82, 2.24) is 19.9 Å². The molecule has 2 aromatic heterocycles. The molecule has 8 heteroatoms. The number of amides is 3. The number of nitrogens with zero attached hydrogens (tertiary/aromatic N) is 3. The molecule has 1 fully saturated rings. The Morgan fingerprint density at radius 3 is 2.66 bits per heavy atom. The van der Waals surface area contributed by atoms with Crippen molar-refractivity contribution in [2.24, 2.45) is 0 Å². The third-order valence-corrected chi connectivity index (χ3v) is 4.88. The van der Waals surface area contributed by atoms with Gasteiger partial charge in [0.15, 0.2) is 0 Å². The lowest BCUT2D eigenvalue weighted by atomic mass is 10.1. The number of urea groups is 1. The van der Waals surface area contributed by atoms with Gasteiger partial charge in [-0.25, -0.2) is 14.8 Å². The molecule has 3 aromatic rings. The van der Waals surface area contributed by atoms with Gasteiger partial charge >= 0.3 is 6.03 Å². The van der Waals surface area contributed by atoms with Crippen molar-refractivity contribution in [1.29, 1.82) is 0 Å². The van der Waals surface area contributed by atoms with E-state index in [0.717, 1.165) is 30.8 Å². The van der Waals surface area contributed by atoms with Gasteiger partial charge in [-0.05, 0) is 42.7 Å². The number of imidazole rings is 1. The first-order chi connectivity index (χ1) is 14.2. The average Bonchev–Trinajstić information content (AvgIpc) is 3.42. The van der Waals surface area contributed by atoms with Crippen LogP contribution >= 0.6 is 0 Å². The molecule has 1 aromatic carbocycles. The molecule has 3 heterocycles. The second kappa shape index (κ2) is 8.55. The second-order valence-corrected chi connectivity index (χ2v) is 6.89. The number of carbonyl (C=O) groups is 2. The fourth-order valence-electron chi connectivity index (χ4n) is 3.51. The molecule has 3 N–H and O–H groups in total. The smallest absolute Gasteiger partial charge is 0.324 e. The number of H-pyrrole nitrogens is 1. The zero-order valence-electron chi connectivity index (χ0n) is 15.8. The maximum absolute atomic E-state index is 12.8. The summed E-state index contributed by atoms with van der Waals surface area (Å²) in [5.41, 5.74) is 1.54. The fourth-order valence-corrected chi connectivity index (χ4v) is 3.51. The normalized spacial score (nSPS) is 15.9. The number of hydrogen-bond donors (Lipinski definition) is 3. The molecule has 1 atom stereocenters. The van der Waals surface area contributed by atoms with Crippen LogP contribution in [-0.2, 0) is 11.2 Å². The highest BCUT2D eigenvalue weighted by Gasteiger charge is 2.31. The number of aromatic amines is 1. The van der Waals surface area contributed by atoms with Crippen LogP contribution in [0.4, 0.5) is 16.3 Å². The van der Waals surface area contributed by atoms with Gasteiger partial charge < -0.3 is 15.2 Å². The first-order valence-corrected chi connectivity index (χ1v) is 9.56. The summed E-state index contributed by atoms with van der Waals surface area (Å²) in [5, 5.41) is 5.42. The van der Waals surface area contributed by atoms with Crippen molar-refractivity contribution in [2.75, 3.05) is 17.2 Å². The van der Waals surface area contributed by atoms with E-state index in [1.165, 1.54) is 0 Å². The minimum atomic E-state index is -0.370. The maximum Gasteiger partial charge on any atom is 0.324 e. The van der Waals surface area contributed by atoms with Gasteiger partial charge in [0, 0.05) is 30.8 Å². The van der Waals surface area contributed by atoms with Gasteiger partial charge in [-0.15, -0.1) is 0 Å². The van der Waals surface area contributed by atoms with E-state index in [1.807, 2.05) is 17.0 Å². The van der Waals surface area contributed by atoms with Crippen LogP contribution in [0.3, 0.4) is 0 Å². The molecule has 1 unspecified atom stereocenters. The van der Waals surface area contributed by atoms with Gasteiger partial charge in [0.1, 0.15) is 11.6 Å². The van der Waals surface area contributed by atoms with Crippen molar-refractivity contribution >= 4 is 23.4 Å². The number of carbonyl (C=O) groups excluding carboxylic acids is 2. The number of pyridine rings is 1. The van der Waals surface area contributed by atoms with E-state index >= 15 is 0 Å². The molecule has 0 saturated carbocycles. The van der Waals surface area contributed by atoms with E-state index in [4.69, 9.17) is 0 Å². The average molecular weight is 390 g/mol. The molecule has 8 nitrogen and oxygen atoms in total. The number of likely N-dealkylation sites (tertiary alicyclic amines) is 1. The highest BCUT2D eigenvalue weighted by Crippen LogP contribution is 2.30. The van der Waals surface area contributed by atoms with E-state index in [-0.39, 0.29) is 18.0 Å².